The summed E-state index contributed by atoms with van der Waals surface area (Å²) in [6, 6.07) is 9.47. The van der Waals surface area contributed by atoms with Gasteiger partial charge in [-0.1, -0.05) is 6.07 Å². The smallest absolute Gasteiger partial charge is 0.231 e. The maximum absolute atomic E-state index is 12.7. The van der Waals surface area contributed by atoms with Crippen molar-refractivity contribution in [3.8, 4) is 17.2 Å². The summed E-state index contributed by atoms with van der Waals surface area (Å²) in [5.41, 5.74) is 1.65. The first kappa shape index (κ1) is 16.8. The van der Waals surface area contributed by atoms with Crippen molar-refractivity contribution in [3.63, 3.8) is 0 Å². The second-order valence-corrected chi connectivity index (χ2v) is 6.69. The van der Waals surface area contributed by atoms with E-state index < -0.39 is 0 Å². The van der Waals surface area contributed by atoms with E-state index in [9.17, 15) is 4.79 Å². The van der Waals surface area contributed by atoms with Crippen molar-refractivity contribution < 1.29 is 19.0 Å². The summed E-state index contributed by atoms with van der Waals surface area (Å²) in [4.78, 5) is 19.2. The van der Waals surface area contributed by atoms with Crippen LogP contribution in [0.5, 0.6) is 17.2 Å². The Kier molecular flexibility index (Phi) is 4.75. The molecule has 26 heavy (non-hydrogen) atoms. The number of ketones is 1. The fourth-order valence-electron chi connectivity index (χ4n) is 3.66. The summed E-state index contributed by atoms with van der Waals surface area (Å²) in [6.07, 6.45) is 3.59. The van der Waals surface area contributed by atoms with Crippen molar-refractivity contribution in [1.29, 1.82) is 0 Å². The van der Waals surface area contributed by atoms with E-state index in [0.29, 0.717) is 17.2 Å². The molecule has 0 saturated carbocycles. The molecule has 0 N–H and O–H groups in total. The Morgan fingerprint density at radius 2 is 2.27 bits per heavy atom. The van der Waals surface area contributed by atoms with Crippen molar-refractivity contribution >= 4 is 5.78 Å². The first-order chi connectivity index (χ1) is 12.7. The summed E-state index contributed by atoms with van der Waals surface area (Å²) in [5, 5.41) is 0. The largest absolute Gasteiger partial charge is 0.493 e. The Bertz CT molecular complexity index is 794. The van der Waals surface area contributed by atoms with Crippen LogP contribution in [0.25, 0.3) is 0 Å². The third-order valence-corrected chi connectivity index (χ3v) is 4.92. The molecular weight excluding hydrogens is 332 g/mol. The highest BCUT2D eigenvalue weighted by Gasteiger charge is 2.28. The predicted octanol–water partition coefficient (Wildman–Crippen LogP) is 2.91. The number of likely N-dealkylation sites (tertiary alicyclic amines) is 1. The average molecular weight is 354 g/mol. The molecule has 1 aromatic carbocycles. The monoisotopic (exact) mass is 354 g/mol. The number of piperidine rings is 1. The lowest BCUT2D eigenvalue weighted by Gasteiger charge is -2.32. The number of carbonyl (C=O) groups excluding carboxylic acids is 1. The SMILES string of the molecule is COc1cc(CN2CCCC(C(=O)c3ccccn3)C2)cc2c1OCO2. The Balaban J connectivity index is 1.46. The molecule has 1 unspecified atom stereocenters. The quantitative estimate of drug-likeness (QED) is 0.770. The third kappa shape index (κ3) is 3.37. The Hall–Kier alpha value is -2.60. The topological polar surface area (TPSA) is 60.9 Å². The van der Waals surface area contributed by atoms with Gasteiger partial charge in [-0.3, -0.25) is 14.7 Å². The maximum atomic E-state index is 12.7. The Morgan fingerprint density at radius 3 is 3.08 bits per heavy atom. The van der Waals surface area contributed by atoms with Crippen LogP contribution in [-0.2, 0) is 6.54 Å². The summed E-state index contributed by atoms with van der Waals surface area (Å²) >= 11 is 0. The van der Waals surface area contributed by atoms with Crippen molar-refractivity contribution in [2.75, 3.05) is 27.0 Å². The number of hydrogen-bond acceptors (Lipinski definition) is 6. The van der Waals surface area contributed by atoms with E-state index in [1.165, 1.54) is 0 Å². The third-order valence-electron chi connectivity index (χ3n) is 4.92. The normalized spacial score (nSPS) is 19.3. The van der Waals surface area contributed by atoms with Crippen LogP contribution in [0.1, 0.15) is 28.9 Å². The van der Waals surface area contributed by atoms with Gasteiger partial charge in [-0.15, -0.1) is 0 Å². The molecule has 3 heterocycles. The van der Waals surface area contributed by atoms with E-state index >= 15 is 0 Å². The minimum absolute atomic E-state index is 0.00504. The average Bonchev–Trinajstić information content (AvgIpc) is 3.16. The molecule has 1 saturated heterocycles. The fraction of sp³-hybridized carbons (Fsp3) is 0.400. The molecule has 4 rings (SSSR count). The standard InChI is InChI=1S/C20H22N2O4/c1-24-17-9-14(10-18-20(17)26-13-25-18)11-22-8-4-5-15(12-22)19(23)16-6-2-3-7-21-16/h2-3,6-7,9-10,15H,4-5,8,11-13H2,1H3. The minimum atomic E-state index is -0.00504. The zero-order chi connectivity index (χ0) is 17.9. The molecule has 2 aliphatic heterocycles. The van der Waals surface area contributed by atoms with Gasteiger partial charge in [0.1, 0.15) is 5.69 Å². The number of Topliss-reactive ketones (excluding diaryl/α,β-unsaturated/α-hetero) is 1. The van der Waals surface area contributed by atoms with Crippen LogP contribution < -0.4 is 14.2 Å². The Morgan fingerprint density at radius 1 is 1.35 bits per heavy atom. The van der Waals surface area contributed by atoms with Crippen LogP contribution in [0.3, 0.4) is 0 Å². The number of ether oxygens (including phenoxy) is 3. The number of carbonyl (C=O) groups is 1. The van der Waals surface area contributed by atoms with Crippen LogP contribution in [-0.4, -0.2) is 42.7 Å². The number of pyridine rings is 1. The van der Waals surface area contributed by atoms with E-state index in [-0.39, 0.29) is 18.5 Å². The molecule has 0 bridgehead atoms. The molecule has 2 aromatic rings. The highest BCUT2D eigenvalue weighted by molar-refractivity contribution is 5.96. The molecule has 6 heteroatoms. The van der Waals surface area contributed by atoms with Crippen molar-refractivity contribution in [2.24, 2.45) is 5.92 Å². The van der Waals surface area contributed by atoms with Gasteiger partial charge in [-0.2, -0.15) is 0 Å². The molecule has 0 amide bonds. The van der Waals surface area contributed by atoms with E-state index in [2.05, 4.69) is 9.88 Å². The second-order valence-electron chi connectivity index (χ2n) is 6.69. The molecule has 0 spiro atoms. The van der Waals surface area contributed by atoms with Gasteiger partial charge in [0.15, 0.2) is 17.3 Å². The van der Waals surface area contributed by atoms with Crippen LogP contribution in [0.15, 0.2) is 36.5 Å². The predicted molar refractivity (Wildman–Crippen MR) is 95.7 cm³/mol. The minimum Gasteiger partial charge on any atom is -0.493 e. The van der Waals surface area contributed by atoms with Crippen LogP contribution >= 0.6 is 0 Å². The van der Waals surface area contributed by atoms with E-state index in [1.54, 1.807) is 19.4 Å². The van der Waals surface area contributed by atoms with Gasteiger partial charge in [-0.05, 0) is 49.2 Å². The van der Waals surface area contributed by atoms with Gasteiger partial charge >= 0.3 is 0 Å². The first-order valence-corrected chi connectivity index (χ1v) is 8.88. The van der Waals surface area contributed by atoms with Gasteiger partial charge in [-0.25, -0.2) is 0 Å². The van der Waals surface area contributed by atoms with Crippen molar-refractivity contribution in [3.05, 3.63) is 47.8 Å². The van der Waals surface area contributed by atoms with Gasteiger partial charge < -0.3 is 14.2 Å². The molecule has 0 radical (unpaired) electrons. The summed E-state index contributed by atoms with van der Waals surface area (Å²) in [5.74, 6) is 2.21. The van der Waals surface area contributed by atoms with Crippen molar-refractivity contribution in [1.82, 2.24) is 9.88 Å². The first-order valence-electron chi connectivity index (χ1n) is 8.88. The Labute approximate surface area is 152 Å². The zero-order valence-electron chi connectivity index (χ0n) is 14.8. The summed E-state index contributed by atoms with van der Waals surface area (Å²) in [6.45, 7) is 2.69. The molecule has 1 aromatic heterocycles. The van der Waals surface area contributed by atoms with Gasteiger partial charge in [0.2, 0.25) is 12.5 Å². The highest BCUT2D eigenvalue weighted by atomic mass is 16.7. The lowest BCUT2D eigenvalue weighted by molar-refractivity contribution is 0.0806. The van der Waals surface area contributed by atoms with E-state index in [1.807, 2.05) is 24.3 Å². The van der Waals surface area contributed by atoms with Crippen LogP contribution in [0.2, 0.25) is 0 Å². The maximum Gasteiger partial charge on any atom is 0.231 e. The lowest BCUT2D eigenvalue weighted by Crippen LogP contribution is -2.38. The van der Waals surface area contributed by atoms with Crippen molar-refractivity contribution in [2.45, 2.75) is 19.4 Å². The molecule has 1 atom stereocenters. The van der Waals surface area contributed by atoms with E-state index in [0.717, 1.165) is 43.8 Å². The number of fused-ring (bicyclic) bond motifs is 1. The summed E-state index contributed by atoms with van der Waals surface area (Å²) in [7, 11) is 1.63. The number of aromatic nitrogens is 1. The number of methoxy groups -OCH3 is 1. The van der Waals surface area contributed by atoms with Crippen LogP contribution in [0, 0.1) is 5.92 Å². The lowest BCUT2D eigenvalue weighted by atomic mass is 9.91. The molecular formula is C20H22N2O4. The number of hydrogen-bond donors (Lipinski definition) is 0. The van der Waals surface area contributed by atoms with E-state index in [4.69, 9.17) is 14.2 Å². The van der Waals surface area contributed by atoms with Gasteiger partial charge in [0.05, 0.1) is 7.11 Å². The second kappa shape index (κ2) is 7.33. The summed E-state index contributed by atoms with van der Waals surface area (Å²) < 4.78 is 16.4. The number of nitrogens with zero attached hydrogens (tertiary/aromatic N) is 2. The molecule has 2 aliphatic rings. The molecule has 0 aliphatic carbocycles. The van der Waals surface area contributed by atoms with Gasteiger partial charge in [0.25, 0.3) is 0 Å². The molecule has 6 nitrogen and oxygen atoms in total. The fourth-order valence-corrected chi connectivity index (χ4v) is 3.66. The van der Waals surface area contributed by atoms with Crippen LogP contribution in [0.4, 0.5) is 0 Å². The number of benzene rings is 1. The van der Waals surface area contributed by atoms with Gasteiger partial charge in [0, 0.05) is 25.2 Å². The molecule has 1 fully saturated rings. The highest BCUT2D eigenvalue weighted by Crippen LogP contribution is 2.42. The molecule has 136 valence electrons. The zero-order valence-corrected chi connectivity index (χ0v) is 14.8. The number of rotatable bonds is 5.